The number of methoxy groups -OCH3 is 1. The van der Waals surface area contributed by atoms with Crippen molar-refractivity contribution in [3.8, 4) is 0 Å². The number of nitrogens with one attached hydrogen (secondary N) is 1. The highest BCUT2D eigenvalue weighted by molar-refractivity contribution is 6.20. The van der Waals surface area contributed by atoms with E-state index in [1.165, 1.54) is 7.11 Å². The fourth-order valence-corrected chi connectivity index (χ4v) is 7.44. The van der Waals surface area contributed by atoms with Gasteiger partial charge in [0.15, 0.2) is 11.5 Å². The molecule has 0 aromatic heterocycles. The van der Waals surface area contributed by atoms with E-state index in [-0.39, 0.29) is 45.9 Å². The zero-order valence-corrected chi connectivity index (χ0v) is 26.6. The molecule has 3 aliphatic rings. The molecule has 0 heterocycles. The quantitative estimate of drug-likeness (QED) is 0.162. The maximum Gasteiger partial charge on any atom is 0.407 e. The molecule has 0 aliphatic heterocycles. The number of rotatable bonds is 11. The van der Waals surface area contributed by atoms with Crippen LogP contribution in [0.2, 0.25) is 0 Å². The number of Topliss-reactive ketones (excluding diaryl/α,β-unsaturated/α-hetero) is 1. The molecule has 5 atom stereocenters. The molecule has 236 valence electrons. The summed E-state index contributed by atoms with van der Waals surface area (Å²) in [6, 6.07) is 0. The Balaban J connectivity index is 1.56. The Labute approximate surface area is 250 Å². The number of ether oxygens (including phenoxy) is 3. The third-order valence-electron chi connectivity index (χ3n) is 10.0. The predicted octanol–water partition coefficient (Wildman–Crippen LogP) is 6.36. The lowest BCUT2D eigenvalue weighted by Gasteiger charge is -2.60. The molecule has 9 nitrogen and oxygen atoms in total. The zero-order chi connectivity index (χ0) is 31.3. The molecule has 0 aromatic carbocycles. The van der Waals surface area contributed by atoms with E-state index in [2.05, 4.69) is 26.1 Å². The van der Waals surface area contributed by atoms with Crippen LogP contribution in [0.25, 0.3) is 0 Å². The number of ketones is 2. The minimum Gasteiger partial charge on any atom is -0.504 e. The van der Waals surface area contributed by atoms with Gasteiger partial charge in [0.05, 0.1) is 13.7 Å². The molecule has 0 radical (unpaired) electrons. The van der Waals surface area contributed by atoms with E-state index in [0.717, 1.165) is 51.0 Å². The van der Waals surface area contributed by atoms with Crippen molar-refractivity contribution in [1.82, 2.24) is 5.32 Å². The molecule has 3 aliphatic carbocycles. The Bertz CT molecular complexity index is 1100. The summed E-state index contributed by atoms with van der Waals surface area (Å²) in [5.41, 5.74) is -0.796. The van der Waals surface area contributed by atoms with Crippen LogP contribution in [-0.2, 0) is 28.6 Å². The fraction of sp³-hybridized carbons (Fsp3) is 0.758. The summed E-state index contributed by atoms with van der Waals surface area (Å²) in [5.74, 6) is -0.996. The topological polar surface area (TPSA) is 128 Å². The molecule has 9 heteroatoms. The monoisotopic (exact) mass is 589 g/mol. The van der Waals surface area contributed by atoms with Gasteiger partial charge in [0.1, 0.15) is 5.60 Å². The minimum atomic E-state index is -0.594. The number of fused-ring (bicyclic) bond motifs is 1. The van der Waals surface area contributed by atoms with E-state index >= 15 is 0 Å². The van der Waals surface area contributed by atoms with Crippen LogP contribution in [0.4, 0.5) is 4.79 Å². The van der Waals surface area contributed by atoms with Gasteiger partial charge in [0.25, 0.3) is 0 Å². The summed E-state index contributed by atoms with van der Waals surface area (Å²) in [6.45, 7) is 13.0. The number of unbranched alkanes of at least 4 members (excludes halogenated alkanes) is 2. The van der Waals surface area contributed by atoms with Crippen LogP contribution < -0.4 is 5.32 Å². The largest absolute Gasteiger partial charge is 0.504 e. The van der Waals surface area contributed by atoms with Gasteiger partial charge in [-0.05, 0) is 94.3 Å². The number of allylic oxidation sites excluding steroid dienone is 2. The van der Waals surface area contributed by atoms with E-state index in [1.54, 1.807) is 0 Å². The van der Waals surface area contributed by atoms with Crippen molar-refractivity contribution < 1.29 is 38.5 Å². The van der Waals surface area contributed by atoms with Gasteiger partial charge in [0.2, 0.25) is 11.6 Å². The number of aliphatic hydroxyl groups is 1. The van der Waals surface area contributed by atoms with Crippen LogP contribution >= 0.6 is 0 Å². The molecule has 0 unspecified atom stereocenters. The SMILES string of the molecule is COC1=CC(=O)C(O)=C(C[C@@]2(C)[C@@H]3CCC[C@H](COC(=O)CCCCCNC(=O)OC(C)(C)C)[C@@]3(C)CC[C@@H]2C)C1=O. The van der Waals surface area contributed by atoms with Gasteiger partial charge in [-0.3, -0.25) is 14.4 Å². The lowest BCUT2D eigenvalue weighted by molar-refractivity contribution is -0.155. The van der Waals surface area contributed by atoms with Crippen LogP contribution in [0.5, 0.6) is 0 Å². The number of carbonyl (C=O) groups excluding carboxylic acids is 4. The molecule has 0 saturated heterocycles. The smallest absolute Gasteiger partial charge is 0.407 e. The predicted molar refractivity (Wildman–Crippen MR) is 158 cm³/mol. The number of alkyl carbamates (subject to hydrolysis) is 1. The van der Waals surface area contributed by atoms with Gasteiger partial charge < -0.3 is 24.6 Å². The average Bonchev–Trinajstić information content (AvgIpc) is 2.91. The van der Waals surface area contributed by atoms with Crippen LogP contribution in [0.1, 0.15) is 106 Å². The van der Waals surface area contributed by atoms with Crippen molar-refractivity contribution in [2.24, 2.45) is 28.6 Å². The third-order valence-corrected chi connectivity index (χ3v) is 10.0. The highest BCUT2D eigenvalue weighted by Gasteiger charge is 2.57. The van der Waals surface area contributed by atoms with Gasteiger partial charge in [0, 0.05) is 24.6 Å². The summed E-state index contributed by atoms with van der Waals surface area (Å²) in [7, 11) is 1.36. The summed E-state index contributed by atoms with van der Waals surface area (Å²) in [5, 5.41) is 13.4. The van der Waals surface area contributed by atoms with Crippen LogP contribution in [-0.4, -0.2) is 54.6 Å². The summed E-state index contributed by atoms with van der Waals surface area (Å²) < 4.78 is 16.2. The van der Waals surface area contributed by atoms with E-state index in [9.17, 15) is 24.3 Å². The van der Waals surface area contributed by atoms with E-state index < -0.39 is 29.0 Å². The molecular weight excluding hydrogens is 538 g/mol. The first-order valence-corrected chi connectivity index (χ1v) is 15.5. The highest BCUT2D eigenvalue weighted by Crippen LogP contribution is 2.63. The number of aliphatic hydroxyl groups excluding tert-OH is 1. The van der Waals surface area contributed by atoms with Crippen molar-refractivity contribution in [3.05, 3.63) is 23.2 Å². The second-order valence-electron chi connectivity index (χ2n) is 14.0. The lowest BCUT2D eigenvalue weighted by atomic mass is 9.44. The van der Waals surface area contributed by atoms with Crippen molar-refractivity contribution >= 4 is 23.6 Å². The molecule has 2 N–H and O–H groups in total. The number of amides is 1. The molecule has 0 spiro atoms. The zero-order valence-electron chi connectivity index (χ0n) is 26.6. The number of hydrogen-bond donors (Lipinski definition) is 2. The van der Waals surface area contributed by atoms with Crippen LogP contribution in [0.15, 0.2) is 23.2 Å². The normalized spacial score (nSPS) is 29.9. The standard InChI is InChI=1S/C33H51NO8/c1-21-15-16-32(5)22(20-41-27(36)14-9-8-10-17-34-30(39)42-31(2,3)4)12-11-13-26(32)33(21,6)19-23-28(37)24(35)18-25(40-7)29(23)38/h18,21-22,26,37H,8-17,19-20H2,1-7H3,(H,34,39)/t21-,22+,26+,32+,33+/m0/s1. The Morgan fingerprint density at radius 1 is 1.10 bits per heavy atom. The molecule has 0 aromatic rings. The van der Waals surface area contributed by atoms with E-state index in [1.807, 2.05) is 20.8 Å². The van der Waals surface area contributed by atoms with Crippen molar-refractivity contribution in [2.45, 2.75) is 111 Å². The molecule has 0 bridgehead atoms. The van der Waals surface area contributed by atoms with E-state index in [4.69, 9.17) is 14.2 Å². The van der Waals surface area contributed by atoms with Crippen molar-refractivity contribution in [3.63, 3.8) is 0 Å². The van der Waals surface area contributed by atoms with Gasteiger partial charge in [-0.25, -0.2) is 4.79 Å². The summed E-state index contributed by atoms with van der Waals surface area (Å²) >= 11 is 0. The Hall–Kier alpha value is -2.84. The first-order valence-electron chi connectivity index (χ1n) is 15.5. The van der Waals surface area contributed by atoms with E-state index in [0.29, 0.717) is 32.4 Å². The maximum atomic E-state index is 13.1. The second kappa shape index (κ2) is 13.6. The Kier molecular flexibility index (Phi) is 10.9. The molecule has 2 saturated carbocycles. The minimum absolute atomic E-state index is 0.0321. The van der Waals surface area contributed by atoms with Crippen molar-refractivity contribution in [2.75, 3.05) is 20.3 Å². The summed E-state index contributed by atoms with van der Waals surface area (Å²) in [4.78, 5) is 49.9. The Morgan fingerprint density at radius 2 is 1.81 bits per heavy atom. The fourth-order valence-electron chi connectivity index (χ4n) is 7.44. The van der Waals surface area contributed by atoms with Gasteiger partial charge in [-0.1, -0.05) is 33.6 Å². The molecule has 1 amide bonds. The first kappa shape index (κ1) is 33.7. The number of esters is 1. The molecular formula is C33H51NO8. The van der Waals surface area contributed by atoms with Crippen LogP contribution in [0.3, 0.4) is 0 Å². The third kappa shape index (κ3) is 7.75. The Morgan fingerprint density at radius 3 is 2.48 bits per heavy atom. The number of hydrogen-bond acceptors (Lipinski definition) is 8. The average molecular weight is 590 g/mol. The molecule has 42 heavy (non-hydrogen) atoms. The lowest BCUT2D eigenvalue weighted by Crippen LogP contribution is -2.54. The van der Waals surface area contributed by atoms with Gasteiger partial charge in [-0.2, -0.15) is 0 Å². The molecule has 3 rings (SSSR count). The number of carbonyl (C=O) groups is 4. The highest BCUT2D eigenvalue weighted by atomic mass is 16.6. The van der Waals surface area contributed by atoms with Gasteiger partial charge >= 0.3 is 12.1 Å². The first-order chi connectivity index (χ1) is 19.6. The van der Waals surface area contributed by atoms with Crippen molar-refractivity contribution in [1.29, 1.82) is 0 Å². The molecule has 2 fully saturated rings. The van der Waals surface area contributed by atoms with Crippen LogP contribution in [0, 0.1) is 28.6 Å². The maximum absolute atomic E-state index is 13.1. The second-order valence-corrected chi connectivity index (χ2v) is 14.0. The summed E-state index contributed by atoms with van der Waals surface area (Å²) in [6.07, 6.45) is 8.44. The van der Waals surface area contributed by atoms with Gasteiger partial charge in [-0.15, -0.1) is 0 Å².